The van der Waals surface area contributed by atoms with Gasteiger partial charge in [0.15, 0.2) is 0 Å². The van der Waals surface area contributed by atoms with Gasteiger partial charge in [-0.2, -0.15) is 10.2 Å². The molecule has 2 N–H and O–H groups in total. The molecule has 0 unspecified atom stereocenters. The molecule has 33 heavy (non-hydrogen) atoms. The number of rotatable bonds is 7. The summed E-state index contributed by atoms with van der Waals surface area (Å²) in [6.45, 7) is 0. The lowest BCUT2D eigenvalue weighted by atomic mass is 10.1. The van der Waals surface area contributed by atoms with Crippen LogP contribution in [-0.4, -0.2) is 30.9 Å². The third kappa shape index (κ3) is 4.66. The SMILES string of the molecule is O=[N+]([O-])c1ccc(NN=Cc2cn(-c3ccccc3)nc2-c2ccc(O)cc2)c([N+](=O)[O-])c1. The highest BCUT2D eigenvalue weighted by Crippen LogP contribution is 2.29. The second kappa shape index (κ2) is 8.98. The minimum absolute atomic E-state index is 0.00323. The second-order valence-corrected chi connectivity index (χ2v) is 6.85. The molecular weight excluding hydrogens is 428 g/mol. The fraction of sp³-hybridized carbons (Fsp3) is 0. The van der Waals surface area contributed by atoms with Crippen LogP contribution in [0.3, 0.4) is 0 Å². The lowest BCUT2D eigenvalue weighted by molar-refractivity contribution is -0.393. The molecule has 11 heteroatoms. The zero-order valence-corrected chi connectivity index (χ0v) is 16.9. The molecule has 0 aliphatic rings. The van der Waals surface area contributed by atoms with Gasteiger partial charge < -0.3 is 5.11 Å². The van der Waals surface area contributed by atoms with Gasteiger partial charge >= 0.3 is 5.69 Å². The molecule has 164 valence electrons. The Morgan fingerprint density at radius 1 is 0.970 bits per heavy atom. The Bertz CT molecular complexity index is 1350. The Morgan fingerprint density at radius 3 is 2.36 bits per heavy atom. The van der Waals surface area contributed by atoms with Crippen LogP contribution in [0.25, 0.3) is 16.9 Å². The first-order valence-electron chi connectivity index (χ1n) is 9.59. The van der Waals surface area contributed by atoms with E-state index in [1.807, 2.05) is 30.3 Å². The number of aromatic nitrogens is 2. The molecular formula is C22H16N6O5. The number of nitrogens with one attached hydrogen (secondary N) is 1. The van der Waals surface area contributed by atoms with Gasteiger partial charge in [0.05, 0.1) is 27.8 Å². The van der Waals surface area contributed by atoms with Crippen molar-refractivity contribution in [1.82, 2.24) is 9.78 Å². The predicted molar refractivity (Wildman–Crippen MR) is 122 cm³/mol. The Kier molecular flexibility index (Phi) is 5.76. The average Bonchev–Trinajstić information content (AvgIpc) is 3.24. The van der Waals surface area contributed by atoms with Crippen molar-refractivity contribution in [3.8, 4) is 22.7 Å². The van der Waals surface area contributed by atoms with Crippen molar-refractivity contribution in [1.29, 1.82) is 0 Å². The number of nitro groups is 2. The van der Waals surface area contributed by atoms with Crippen molar-refractivity contribution in [2.45, 2.75) is 0 Å². The van der Waals surface area contributed by atoms with E-state index in [4.69, 9.17) is 0 Å². The summed E-state index contributed by atoms with van der Waals surface area (Å²) in [4.78, 5) is 20.8. The fourth-order valence-electron chi connectivity index (χ4n) is 3.09. The number of hydrogen-bond donors (Lipinski definition) is 2. The number of aromatic hydroxyl groups is 1. The number of benzene rings is 3. The lowest BCUT2D eigenvalue weighted by Crippen LogP contribution is -1.98. The van der Waals surface area contributed by atoms with E-state index in [0.29, 0.717) is 11.3 Å². The van der Waals surface area contributed by atoms with Gasteiger partial charge in [0.2, 0.25) is 0 Å². The van der Waals surface area contributed by atoms with Crippen LogP contribution in [0.15, 0.2) is 84.1 Å². The maximum absolute atomic E-state index is 11.3. The molecule has 3 aromatic carbocycles. The third-order valence-corrected chi connectivity index (χ3v) is 4.68. The molecule has 11 nitrogen and oxygen atoms in total. The lowest BCUT2D eigenvalue weighted by Gasteiger charge is -2.02. The summed E-state index contributed by atoms with van der Waals surface area (Å²) < 4.78 is 1.66. The Labute approximate surface area is 186 Å². The molecule has 0 aliphatic carbocycles. The van der Waals surface area contributed by atoms with Gasteiger partial charge in [-0.05, 0) is 42.5 Å². The van der Waals surface area contributed by atoms with Gasteiger partial charge in [0, 0.05) is 23.4 Å². The summed E-state index contributed by atoms with van der Waals surface area (Å²) in [5.41, 5.74) is 4.43. The van der Waals surface area contributed by atoms with Gasteiger partial charge in [-0.15, -0.1) is 0 Å². The summed E-state index contributed by atoms with van der Waals surface area (Å²) >= 11 is 0. The number of phenolic OH excluding ortho intramolecular Hbond substituents is 1. The summed E-state index contributed by atoms with van der Waals surface area (Å²) in [6, 6.07) is 19.1. The highest BCUT2D eigenvalue weighted by Gasteiger charge is 2.19. The topological polar surface area (TPSA) is 149 Å². The minimum Gasteiger partial charge on any atom is -0.508 e. The van der Waals surface area contributed by atoms with Crippen LogP contribution in [0.4, 0.5) is 17.1 Å². The first kappa shape index (κ1) is 21.2. The number of anilines is 1. The van der Waals surface area contributed by atoms with Crippen molar-refractivity contribution in [2.75, 3.05) is 5.43 Å². The number of non-ortho nitro benzene ring substituents is 1. The molecule has 0 aliphatic heterocycles. The normalized spacial score (nSPS) is 10.9. The Balaban J connectivity index is 1.69. The van der Waals surface area contributed by atoms with Gasteiger partial charge in [-0.3, -0.25) is 25.7 Å². The van der Waals surface area contributed by atoms with Crippen LogP contribution in [0, 0.1) is 20.2 Å². The van der Waals surface area contributed by atoms with Crippen LogP contribution in [0.2, 0.25) is 0 Å². The highest BCUT2D eigenvalue weighted by molar-refractivity contribution is 5.89. The number of hydrazone groups is 1. The summed E-state index contributed by atoms with van der Waals surface area (Å²) in [7, 11) is 0. The zero-order valence-electron chi connectivity index (χ0n) is 16.9. The van der Waals surface area contributed by atoms with Crippen LogP contribution in [0.1, 0.15) is 5.56 Å². The molecule has 0 atom stereocenters. The molecule has 0 amide bonds. The van der Waals surface area contributed by atoms with Gasteiger partial charge in [0.1, 0.15) is 17.1 Å². The smallest absolute Gasteiger partial charge is 0.301 e. The predicted octanol–water partition coefficient (Wildman–Crippen LogP) is 4.51. The van der Waals surface area contributed by atoms with Crippen LogP contribution < -0.4 is 5.43 Å². The molecule has 0 spiro atoms. The second-order valence-electron chi connectivity index (χ2n) is 6.85. The van der Waals surface area contributed by atoms with Gasteiger partial charge in [-0.1, -0.05) is 18.2 Å². The van der Waals surface area contributed by atoms with Crippen LogP contribution in [-0.2, 0) is 0 Å². The van der Waals surface area contributed by atoms with Crippen LogP contribution >= 0.6 is 0 Å². The van der Waals surface area contributed by atoms with E-state index < -0.39 is 21.2 Å². The molecule has 0 fully saturated rings. The Hall–Kier alpha value is -5.06. The molecule has 1 heterocycles. The number of nitrogens with zero attached hydrogens (tertiary/aromatic N) is 5. The summed E-state index contributed by atoms with van der Waals surface area (Å²) in [6.07, 6.45) is 3.19. The minimum atomic E-state index is -0.722. The van der Waals surface area contributed by atoms with Crippen molar-refractivity contribution < 1.29 is 15.0 Å². The van der Waals surface area contributed by atoms with E-state index in [9.17, 15) is 25.3 Å². The monoisotopic (exact) mass is 444 g/mol. The van der Waals surface area contributed by atoms with Crippen molar-refractivity contribution in [3.05, 3.63) is 105 Å². The fourth-order valence-corrected chi connectivity index (χ4v) is 3.09. The zero-order chi connectivity index (χ0) is 23.4. The molecule has 0 bridgehead atoms. The summed E-state index contributed by atoms with van der Waals surface area (Å²) in [5, 5.41) is 40.5. The van der Waals surface area contributed by atoms with E-state index in [2.05, 4.69) is 15.6 Å². The van der Waals surface area contributed by atoms with E-state index in [1.54, 1.807) is 23.0 Å². The first-order valence-corrected chi connectivity index (χ1v) is 9.59. The van der Waals surface area contributed by atoms with E-state index in [0.717, 1.165) is 23.4 Å². The largest absolute Gasteiger partial charge is 0.508 e. The highest BCUT2D eigenvalue weighted by atomic mass is 16.6. The molecule has 0 radical (unpaired) electrons. The number of nitro benzene ring substituents is 2. The Morgan fingerprint density at radius 2 is 1.70 bits per heavy atom. The van der Waals surface area contributed by atoms with Crippen molar-refractivity contribution >= 4 is 23.3 Å². The standard InChI is InChI=1S/C22H16N6O5/c29-19-9-6-15(7-10-19)22-16(14-26(25-22)17-4-2-1-3-5-17)13-23-24-20-11-8-18(27(30)31)12-21(20)28(32)33/h1-14,24,29H. The number of para-hydroxylation sites is 1. The van der Waals surface area contributed by atoms with E-state index >= 15 is 0 Å². The number of phenols is 1. The maximum atomic E-state index is 11.3. The summed E-state index contributed by atoms with van der Waals surface area (Å²) in [5.74, 6) is 0.114. The van der Waals surface area contributed by atoms with E-state index in [1.165, 1.54) is 24.4 Å². The molecule has 4 aromatic rings. The molecule has 0 saturated heterocycles. The van der Waals surface area contributed by atoms with Gasteiger partial charge in [0.25, 0.3) is 5.69 Å². The number of hydrogen-bond acceptors (Lipinski definition) is 8. The first-order chi connectivity index (χ1) is 15.9. The molecule has 1 aromatic heterocycles. The molecule has 4 rings (SSSR count). The quantitative estimate of drug-likeness (QED) is 0.242. The van der Waals surface area contributed by atoms with Crippen LogP contribution in [0.5, 0.6) is 5.75 Å². The molecule has 0 saturated carbocycles. The van der Waals surface area contributed by atoms with Crippen molar-refractivity contribution in [2.24, 2.45) is 5.10 Å². The van der Waals surface area contributed by atoms with Gasteiger partial charge in [-0.25, -0.2) is 4.68 Å². The maximum Gasteiger partial charge on any atom is 0.301 e. The average molecular weight is 444 g/mol. The third-order valence-electron chi connectivity index (χ3n) is 4.68. The van der Waals surface area contributed by atoms with Crippen molar-refractivity contribution in [3.63, 3.8) is 0 Å². The van der Waals surface area contributed by atoms with E-state index in [-0.39, 0.29) is 11.4 Å².